The molecule has 0 fully saturated rings. The van der Waals surface area contributed by atoms with Gasteiger partial charge in [0.1, 0.15) is 18.0 Å². The van der Waals surface area contributed by atoms with E-state index in [1.807, 2.05) is 0 Å². The number of rotatable bonds is 6. The molecule has 0 aliphatic heterocycles. The Balaban J connectivity index is 1.78. The van der Waals surface area contributed by atoms with Crippen LogP contribution in [0.4, 0.5) is 23.0 Å². The number of carboxylic acids is 1. The highest BCUT2D eigenvalue weighted by molar-refractivity contribution is 5.96. The Morgan fingerprint density at radius 1 is 0.963 bits per heavy atom. The van der Waals surface area contributed by atoms with Gasteiger partial charge >= 0.3 is 11.9 Å². The Kier molecular flexibility index (Phi) is 5.27. The van der Waals surface area contributed by atoms with Crippen molar-refractivity contribution in [2.45, 2.75) is 0 Å². The van der Waals surface area contributed by atoms with Gasteiger partial charge in [0.2, 0.25) is 0 Å². The molecule has 3 rings (SSSR count). The van der Waals surface area contributed by atoms with Gasteiger partial charge in [-0.05, 0) is 36.4 Å². The Morgan fingerprint density at radius 2 is 1.63 bits per heavy atom. The molecule has 8 heteroatoms. The number of ether oxygens (including phenoxy) is 1. The SMILES string of the molecule is COC(=O)c1ccccc1Nc1cc(Nc2ccc(C(=O)O)cc2)ncn1. The molecule has 0 amide bonds. The van der Waals surface area contributed by atoms with Crippen molar-refractivity contribution in [2.75, 3.05) is 17.7 Å². The summed E-state index contributed by atoms with van der Waals surface area (Å²) in [4.78, 5) is 31.0. The van der Waals surface area contributed by atoms with Crippen LogP contribution in [0.15, 0.2) is 60.9 Å². The normalized spacial score (nSPS) is 10.1. The third kappa shape index (κ3) is 4.37. The lowest BCUT2D eigenvalue weighted by atomic mass is 10.2. The number of benzene rings is 2. The highest BCUT2D eigenvalue weighted by Crippen LogP contribution is 2.22. The zero-order valence-corrected chi connectivity index (χ0v) is 14.3. The molecule has 27 heavy (non-hydrogen) atoms. The Hall–Kier alpha value is -3.94. The van der Waals surface area contributed by atoms with Crippen LogP contribution in [0.25, 0.3) is 0 Å². The summed E-state index contributed by atoms with van der Waals surface area (Å²) in [5, 5.41) is 15.1. The van der Waals surface area contributed by atoms with Crippen LogP contribution in [0.5, 0.6) is 0 Å². The van der Waals surface area contributed by atoms with Gasteiger partial charge in [0.15, 0.2) is 0 Å². The van der Waals surface area contributed by atoms with Gasteiger partial charge in [-0.2, -0.15) is 0 Å². The highest BCUT2D eigenvalue weighted by atomic mass is 16.5. The number of carbonyl (C=O) groups is 2. The predicted molar refractivity (Wildman–Crippen MR) is 99.8 cm³/mol. The summed E-state index contributed by atoms with van der Waals surface area (Å²) in [5.74, 6) is -0.458. The van der Waals surface area contributed by atoms with Crippen molar-refractivity contribution in [3.05, 3.63) is 72.1 Å². The van der Waals surface area contributed by atoms with Crippen LogP contribution < -0.4 is 10.6 Å². The van der Waals surface area contributed by atoms with Gasteiger partial charge in [-0.15, -0.1) is 0 Å². The van der Waals surface area contributed by atoms with Crippen molar-refractivity contribution in [1.29, 1.82) is 0 Å². The highest BCUT2D eigenvalue weighted by Gasteiger charge is 2.11. The van der Waals surface area contributed by atoms with Crippen molar-refractivity contribution < 1.29 is 19.4 Å². The largest absolute Gasteiger partial charge is 0.478 e. The molecule has 0 spiro atoms. The molecule has 0 aliphatic rings. The molecule has 0 bridgehead atoms. The quantitative estimate of drug-likeness (QED) is 0.570. The molecular formula is C19H16N4O4. The smallest absolute Gasteiger partial charge is 0.339 e. The molecule has 3 N–H and O–H groups in total. The summed E-state index contributed by atoms with van der Waals surface area (Å²) >= 11 is 0. The second kappa shape index (κ2) is 7.96. The van der Waals surface area contributed by atoms with Crippen molar-refractivity contribution in [1.82, 2.24) is 9.97 Å². The van der Waals surface area contributed by atoms with Crippen molar-refractivity contribution >= 4 is 34.9 Å². The van der Waals surface area contributed by atoms with Crippen LogP contribution in [0.2, 0.25) is 0 Å². The minimum atomic E-state index is -0.987. The zero-order valence-electron chi connectivity index (χ0n) is 14.3. The first-order valence-corrected chi connectivity index (χ1v) is 7.93. The van der Waals surface area contributed by atoms with Gasteiger partial charge in [-0.3, -0.25) is 0 Å². The number of carbonyl (C=O) groups excluding carboxylic acids is 1. The third-order valence-corrected chi connectivity index (χ3v) is 3.67. The summed E-state index contributed by atoms with van der Waals surface area (Å²) in [6.45, 7) is 0. The fourth-order valence-corrected chi connectivity index (χ4v) is 2.36. The lowest BCUT2D eigenvalue weighted by molar-refractivity contribution is 0.0601. The molecule has 2 aromatic carbocycles. The molecule has 0 saturated carbocycles. The van der Waals surface area contributed by atoms with Crippen molar-refractivity contribution in [3.8, 4) is 0 Å². The molecule has 1 heterocycles. The Labute approximate surface area is 154 Å². The number of nitrogens with one attached hydrogen (secondary N) is 2. The van der Waals surface area contributed by atoms with Gasteiger partial charge in [0.25, 0.3) is 0 Å². The first kappa shape index (κ1) is 17.9. The van der Waals surface area contributed by atoms with Crippen LogP contribution in [0.3, 0.4) is 0 Å². The van der Waals surface area contributed by atoms with E-state index in [1.54, 1.807) is 42.5 Å². The molecular weight excluding hydrogens is 348 g/mol. The summed E-state index contributed by atoms with van der Waals surface area (Å²) in [6, 6.07) is 14.9. The third-order valence-electron chi connectivity index (χ3n) is 3.67. The van der Waals surface area contributed by atoms with Crippen LogP contribution >= 0.6 is 0 Å². The Morgan fingerprint density at radius 3 is 2.30 bits per heavy atom. The van der Waals surface area contributed by atoms with E-state index in [-0.39, 0.29) is 5.56 Å². The average molecular weight is 364 g/mol. The number of para-hydroxylation sites is 1. The van der Waals surface area contributed by atoms with E-state index >= 15 is 0 Å². The van der Waals surface area contributed by atoms with E-state index in [0.717, 1.165) is 0 Å². The lowest BCUT2D eigenvalue weighted by Gasteiger charge is -2.11. The second-order valence-corrected chi connectivity index (χ2v) is 5.46. The zero-order chi connectivity index (χ0) is 19.2. The monoisotopic (exact) mass is 364 g/mol. The molecule has 1 aromatic heterocycles. The molecule has 0 saturated heterocycles. The molecule has 0 atom stereocenters. The number of anilines is 4. The summed E-state index contributed by atoms with van der Waals surface area (Å²) in [6.07, 6.45) is 1.37. The Bertz CT molecular complexity index is 973. The van der Waals surface area contributed by atoms with Gasteiger partial charge in [-0.25, -0.2) is 19.6 Å². The first-order valence-electron chi connectivity index (χ1n) is 7.93. The van der Waals surface area contributed by atoms with Crippen molar-refractivity contribution in [3.63, 3.8) is 0 Å². The fraction of sp³-hybridized carbons (Fsp3) is 0.0526. The second-order valence-electron chi connectivity index (χ2n) is 5.46. The maximum atomic E-state index is 11.9. The molecule has 136 valence electrons. The van der Waals surface area contributed by atoms with E-state index in [9.17, 15) is 9.59 Å². The van der Waals surface area contributed by atoms with E-state index in [2.05, 4.69) is 20.6 Å². The number of methoxy groups -OCH3 is 1. The average Bonchev–Trinajstić information content (AvgIpc) is 2.68. The number of aromatic nitrogens is 2. The number of nitrogens with zero attached hydrogens (tertiary/aromatic N) is 2. The summed E-state index contributed by atoms with van der Waals surface area (Å²) < 4.78 is 4.78. The summed E-state index contributed by atoms with van der Waals surface area (Å²) in [5.41, 5.74) is 1.82. The number of carboxylic acid groups (broad SMARTS) is 1. The number of aromatic carboxylic acids is 1. The van der Waals surface area contributed by atoms with Crippen LogP contribution in [-0.4, -0.2) is 34.1 Å². The molecule has 0 aliphatic carbocycles. The molecule has 8 nitrogen and oxygen atoms in total. The standard InChI is InChI=1S/C19H16N4O4/c1-27-19(26)14-4-2-3-5-15(14)23-17-10-16(20-11-21-17)22-13-8-6-12(7-9-13)18(24)25/h2-11H,1H3,(H,24,25)(H2,20,21,22,23). The van der Waals surface area contributed by atoms with Crippen LogP contribution in [0, 0.1) is 0 Å². The molecule has 0 unspecified atom stereocenters. The first-order chi connectivity index (χ1) is 13.1. The number of hydrogen-bond acceptors (Lipinski definition) is 7. The summed E-state index contributed by atoms with van der Waals surface area (Å²) in [7, 11) is 1.32. The van der Waals surface area contributed by atoms with Crippen LogP contribution in [-0.2, 0) is 4.74 Å². The number of hydrogen-bond donors (Lipinski definition) is 3. The minimum absolute atomic E-state index is 0.199. The van der Waals surface area contributed by atoms with Gasteiger partial charge < -0.3 is 20.5 Å². The molecule has 0 radical (unpaired) electrons. The predicted octanol–water partition coefficient (Wildman–Crippen LogP) is 3.45. The van der Waals surface area contributed by atoms with Gasteiger partial charge in [0, 0.05) is 11.8 Å². The van der Waals surface area contributed by atoms with E-state index in [0.29, 0.717) is 28.6 Å². The maximum Gasteiger partial charge on any atom is 0.339 e. The maximum absolute atomic E-state index is 11.9. The van der Waals surface area contributed by atoms with Crippen molar-refractivity contribution in [2.24, 2.45) is 0 Å². The van der Waals surface area contributed by atoms with Gasteiger partial charge in [-0.1, -0.05) is 12.1 Å². The lowest BCUT2D eigenvalue weighted by Crippen LogP contribution is -2.06. The van der Waals surface area contributed by atoms with Crippen LogP contribution in [0.1, 0.15) is 20.7 Å². The van der Waals surface area contributed by atoms with E-state index < -0.39 is 11.9 Å². The molecule has 3 aromatic rings. The fourth-order valence-electron chi connectivity index (χ4n) is 2.36. The van der Waals surface area contributed by atoms with Gasteiger partial charge in [0.05, 0.1) is 23.9 Å². The minimum Gasteiger partial charge on any atom is -0.478 e. The topological polar surface area (TPSA) is 113 Å². The number of esters is 1. The van der Waals surface area contributed by atoms with E-state index in [1.165, 1.54) is 25.6 Å². The van der Waals surface area contributed by atoms with E-state index in [4.69, 9.17) is 9.84 Å².